The highest BCUT2D eigenvalue weighted by Gasteiger charge is 2.20. The molecular weight excluding hydrogens is 1470 g/mol. The lowest BCUT2D eigenvalue weighted by atomic mass is 9.95. The smallest absolute Gasteiger partial charge is 0.271 e. The summed E-state index contributed by atoms with van der Waals surface area (Å²) in [6.45, 7) is 103. The molecule has 6 N–H and O–H groups in total. The molecule has 0 aliphatic rings. The Hall–Kier alpha value is -7.84. The van der Waals surface area contributed by atoms with Gasteiger partial charge in [-0.3, -0.25) is 24.2 Å². The second-order valence-corrected chi connectivity index (χ2v) is 23.0. The first-order valence-corrected chi connectivity index (χ1v) is 46.9. The van der Waals surface area contributed by atoms with Gasteiger partial charge >= 0.3 is 0 Å². The SMILES string of the molecule is CC.CC.CC.CC.CC.CC.CC.CC.CC.CC.CC.CC.CC.CC.CC.CC.CC.CC.CC(C)(C)C(=O)NCCc1ccccc1.CC(C)CC(=O)Nc1ccccc1.CC(C)CNC(=O)c1ccccc1.CC(C)CNC(=O)c1cnccn1.CC(C)CNC(=S)c1ccccc1.CC(C)CNc1nccc2ccccc12. The second kappa shape index (κ2) is 135. The molecule has 2 heterocycles. The van der Waals surface area contributed by atoms with E-state index in [2.05, 4.69) is 119 Å². The average molecular weight is 1670 g/mol. The zero-order valence-corrected chi connectivity index (χ0v) is 87.8. The molecule has 0 saturated heterocycles. The van der Waals surface area contributed by atoms with Crippen LogP contribution < -0.4 is 31.9 Å². The lowest BCUT2D eigenvalue weighted by molar-refractivity contribution is -0.128. The van der Waals surface area contributed by atoms with E-state index in [9.17, 15) is 19.2 Å². The molecule has 14 heteroatoms. The van der Waals surface area contributed by atoms with Crippen molar-refractivity contribution in [2.45, 2.75) is 352 Å². The molecule has 0 unspecified atom stereocenters. The van der Waals surface area contributed by atoms with E-state index in [1.54, 1.807) is 6.20 Å². The highest BCUT2D eigenvalue weighted by atomic mass is 32.1. The van der Waals surface area contributed by atoms with Gasteiger partial charge in [0.25, 0.3) is 11.8 Å². The Morgan fingerprint density at radius 2 is 0.703 bits per heavy atom. The quantitative estimate of drug-likeness (QED) is 0.0453. The summed E-state index contributed by atoms with van der Waals surface area (Å²) in [7, 11) is 0. The molecule has 0 radical (unpaired) electrons. The van der Waals surface area contributed by atoms with E-state index in [4.69, 9.17) is 12.2 Å². The molecule has 118 heavy (non-hydrogen) atoms. The predicted octanol–water partition coefficient (Wildman–Crippen LogP) is 32.4. The first kappa shape index (κ1) is 151. The van der Waals surface area contributed by atoms with Gasteiger partial charge in [-0.05, 0) is 77.3 Å². The number of anilines is 2. The van der Waals surface area contributed by atoms with Gasteiger partial charge in [0.2, 0.25) is 11.8 Å². The Kier molecular flexibility index (Phi) is 173. The van der Waals surface area contributed by atoms with Crippen LogP contribution in [0.15, 0.2) is 176 Å². The molecule has 7 rings (SSSR count). The van der Waals surface area contributed by atoms with Gasteiger partial charge in [0.15, 0.2) is 0 Å². The number of carbonyl (C=O) groups excluding carboxylic acids is 4. The van der Waals surface area contributed by atoms with E-state index in [1.165, 1.54) is 28.7 Å². The summed E-state index contributed by atoms with van der Waals surface area (Å²) in [6.07, 6.45) is 7.82. The normalized spacial score (nSPS) is 8.15. The topological polar surface area (TPSA) is 179 Å². The Morgan fingerprint density at radius 1 is 0.356 bits per heavy atom. The fourth-order valence-corrected chi connectivity index (χ4v) is 6.90. The number of aromatic nitrogens is 3. The lowest BCUT2D eigenvalue weighted by Gasteiger charge is -2.17. The summed E-state index contributed by atoms with van der Waals surface area (Å²) in [4.78, 5) is 58.5. The minimum absolute atomic E-state index is 0.00861. The zero-order valence-electron chi connectivity index (χ0n) is 87.0. The minimum Gasteiger partial charge on any atom is -0.376 e. The van der Waals surface area contributed by atoms with E-state index in [0.29, 0.717) is 54.8 Å². The minimum atomic E-state index is -0.295. The summed E-state index contributed by atoms with van der Waals surface area (Å²) in [6, 6.07) is 49.3. The van der Waals surface area contributed by atoms with Crippen LogP contribution in [0.1, 0.15) is 378 Å². The number of rotatable bonds is 18. The van der Waals surface area contributed by atoms with E-state index in [0.717, 1.165) is 53.7 Å². The molecule has 13 nitrogen and oxygen atoms in total. The van der Waals surface area contributed by atoms with Gasteiger partial charge in [0, 0.05) is 85.4 Å². The van der Waals surface area contributed by atoms with Gasteiger partial charge in [-0.25, -0.2) is 9.97 Å². The first-order valence-electron chi connectivity index (χ1n) is 46.5. The van der Waals surface area contributed by atoms with E-state index in [1.807, 2.05) is 425 Å². The summed E-state index contributed by atoms with van der Waals surface area (Å²) in [5.41, 5.74) is 4.01. The van der Waals surface area contributed by atoms with Crippen molar-refractivity contribution in [1.82, 2.24) is 36.2 Å². The number of thiocarbonyl (C=S) groups is 1. The van der Waals surface area contributed by atoms with Gasteiger partial charge < -0.3 is 31.9 Å². The predicted molar refractivity (Wildman–Crippen MR) is 550 cm³/mol. The second-order valence-electron chi connectivity index (χ2n) is 22.5. The molecule has 4 amide bonds. The van der Waals surface area contributed by atoms with E-state index < -0.39 is 0 Å². The number of nitrogens with zero attached hydrogens (tertiary/aromatic N) is 3. The average Bonchev–Trinajstić information content (AvgIpc) is 0.835. The highest BCUT2D eigenvalue weighted by Crippen LogP contribution is 2.20. The number of nitrogens with one attached hydrogen (secondary N) is 6. The Morgan fingerprint density at radius 3 is 1.07 bits per heavy atom. The number of para-hydroxylation sites is 1. The molecule has 0 bridgehead atoms. The summed E-state index contributed by atoms with van der Waals surface area (Å²) in [5, 5.41) is 20.4. The molecule has 0 fully saturated rings. The van der Waals surface area contributed by atoms with Gasteiger partial charge in [0.05, 0.1) is 6.20 Å². The van der Waals surface area contributed by atoms with Gasteiger partial charge in [-0.15, -0.1) is 0 Å². The van der Waals surface area contributed by atoms with Crippen molar-refractivity contribution in [3.8, 4) is 0 Å². The van der Waals surface area contributed by atoms with Crippen molar-refractivity contribution in [2.75, 3.05) is 43.4 Å². The maximum Gasteiger partial charge on any atom is 0.271 e. The fraction of sp³-hybridized carbons (Fsp3) is 0.596. The van der Waals surface area contributed by atoms with E-state index >= 15 is 0 Å². The molecule has 0 saturated carbocycles. The number of hydrogen-bond acceptors (Lipinski definition) is 9. The first-order chi connectivity index (χ1) is 57.0. The van der Waals surface area contributed by atoms with Crippen molar-refractivity contribution in [3.05, 3.63) is 199 Å². The molecule has 0 aliphatic heterocycles. The molecule has 0 atom stereocenters. The van der Waals surface area contributed by atoms with Crippen LogP contribution in [0.5, 0.6) is 0 Å². The Labute approximate surface area is 743 Å². The third kappa shape index (κ3) is 112. The lowest BCUT2D eigenvalue weighted by Crippen LogP contribution is -2.35. The Balaban J connectivity index is -0.0000000641. The standard InChI is InChI=1S/C13H16N2.C13H19NO.2C11H15NO.C11H15NS.C9H13N3O.18C2H6/c1-10(2)9-15-13-12-6-4-3-5-11(12)7-8-14-13;1-13(2,3)12(15)14-10-9-11-7-5-4-6-8-11;1-9(2)8-12-11(13)10-6-4-3-5-7-10;1-9(2)8-11(13)12-10-6-4-3-5-7-10;1-9(2)8-12-11(13)10-6-4-3-5-7-10;1-7(2)5-12-9(13)8-6-10-3-4-11-8;18*1-2/h3-8,10H,9H2,1-2H3,(H,14,15);4-8H,9-10H2,1-3H3,(H,14,15);3*3-7,9H,8H2,1-2H3,(H,12,13);3-4,6-7H,5H2,1-2H3,(H,12,13);18*1-2H3. The molecule has 0 aliphatic carbocycles. The molecule has 5 aromatic carbocycles. The molecule has 692 valence electrons. The van der Waals surface area contributed by atoms with Crippen LogP contribution >= 0.6 is 12.2 Å². The fourth-order valence-electron chi connectivity index (χ4n) is 6.68. The van der Waals surface area contributed by atoms with Crippen molar-refractivity contribution in [2.24, 2.45) is 35.0 Å². The number of hydrogen-bond donors (Lipinski definition) is 6. The third-order valence-electron chi connectivity index (χ3n) is 11.1. The van der Waals surface area contributed by atoms with E-state index in [-0.39, 0.29) is 29.0 Å². The van der Waals surface area contributed by atoms with Crippen molar-refractivity contribution >= 4 is 63.1 Å². The number of pyridine rings is 1. The molecular formula is C104H201N9O4S. The van der Waals surface area contributed by atoms with Crippen molar-refractivity contribution in [1.29, 1.82) is 0 Å². The Bertz CT molecular complexity index is 2710. The number of carbonyl (C=O) groups is 4. The van der Waals surface area contributed by atoms with Crippen molar-refractivity contribution < 1.29 is 19.2 Å². The monoisotopic (exact) mass is 1670 g/mol. The summed E-state index contributed by atoms with van der Waals surface area (Å²) >= 11 is 5.23. The highest BCUT2D eigenvalue weighted by molar-refractivity contribution is 7.80. The van der Waals surface area contributed by atoms with Crippen LogP contribution in [0, 0.1) is 35.0 Å². The van der Waals surface area contributed by atoms with Crippen molar-refractivity contribution in [3.63, 3.8) is 0 Å². The number of amides is 4. The molecule has 2 aromatic heterocycles. The molecule has 7 aromatic rings. The number of fused-ring (bicyclic) bond motifs is 1. The summed E-state index contributed by atoms with van der Waals surface area (Å²) < 4.78 is 0. The van der Waals surface area contributed by atoms with Crippen LogP contribution in [-0.2, 0) is 16.0 Å². The van der Waals surface area contributed by atoms with Crippen LogP contribution in [0.4, 0.5) is 11.5 Å². The van der Waals surface area contributed by atoms with Crippen LogP contribution in [0.25, 0.3) is 10.8 Å². The largest absolute Gasteiger partial charge is 0.376 e. The van der Waals surface area contributed by atoms with Crippen LogP contribution in [-0.4, -0.2) is 76.3 Å². The van der Waals surface area contributed by atoms with Crippen LogP contribution in [0.2, 0.25) is 0 Å². The van der Waals surface area contributed by atoms with Crippen LogP contribution in [0.3, 0.4) is 0 Å². The van der Waals surface area contributed by atoms with Gasteiger partial charge in [0.1, 0.15) is 16.5 Å². The maximum absolute atomic E-state index is 11.5. The maximum atomic E-state index is 11.5. The zero-order chi connectivity index (χ0) is 96.7. The molecule has 0 spiro atoms. The van der Waals surface area contributed by atoms with Gasteiger partial charge in [-0.2, -0.15) is 0 Å². The third-order valence-corrected chi connectivity index (χ3v) is 11.5. The number of benzene rings is 5. The summed E-state index contributed by atoms with van der Waals surface area (Å²) in [5.74, 6) is 3.63. The van der Waals surface area contributed by atoms with Gasteiger partial charge in [-0.1, -0.05) is 473 Å².